The fourth-order valence-electron chi connectivity index (χ4n) is 1.41. The molecule has 98 valence electrons. The number of carbonyl (C=O) groups is 1. The first kappa shape index (κ1) is 14.0. The van der Waals surface area contributed by atoms with Crippen LogP contribution in [-0.4, -0.2) is 11.1 Å². The predicted molar refractivity (Wildman–Crippen MR) is 74.9 cm³/mol. The minimum Gasteiger partial charge on any atom is -0.478 e. The minimum absolute atomic E-state index is 0.0168. The van der Waals surface area contributed by atoms with E-state index in [-0.39, 0.29) is 10.6 Å². The molecule has 0 radical (unpaired) electrons. The van der Waals surface area contributed by atoms with Gasteiger partial charge in [-0.2, -0.15) is 0 Å². The van der Waals surface area contributed by atoms with Gasteiger partial charge in [0.15, 0.2) is 0 Å². The van der Waals surface area contributed by atoms with Crippen LogP contribution in [0.15, 0.2) is 36.4 Å². The molecule has 2 rings (SSSR count). The standard InChI is InChI=1S/C13H7Cl3O3/c14-10-4-2-8(6-12(10)16)19-7-1-3-9(13(17)18)11(15)5-7/h1-6H,(H,17,18). The molecule has 0 bridgehead atoms. The van der Waals surface area contributed by atoms with Crippen molar-refractivity contribution in [3.05, 3.63) is 57.0 Å². The second kappa shape index (κ2) is 5.70. The Labute approximate surface area is 124 Å². The Hall–Kier alpha value is -1.42. The summed E-state index contributed by atoms with van der Waals surface area (Å²) < 4.78 is 5.51. The highest BCUT2D eigenvalue weighted by Crippen LogP contribution is 2.31. The van der Waals surface area contributed by atoms with Crippen molar-refractivity contribution in [3.8, 4) is 11.5 Å². The molecular formula is C13H7Cl3O3. The highest BCUT2D eigenvalue weighted by atomic mass is 35.5. The van der Waals surface area contributed by atoms with E-state index >= 15 is 0 Å². The normalized spacial score (nSPS) is 10.3. The van der Waals surface area contributed by atoms with Gasteiger partial charge in [-0.15, -0.1) is 0 Å². The van der Waals surface area contributed by atoms with E-state index in [9.17, 15) is 4.79 Å². The summed E-state index contributed by atoms with van der Waals surface area (Å²) in [4.78, 5) is 10.8. The van der Waals surface area contributed by atoms with Crippen LogP contribution < -0.4 is 4.74 Å². The van der Waals surface area contributed by atoms with Gasteiger partial charge in [0.1, 0.15) is 11.5 Å². The van der Waals surface area contributed by atoms with Gasteiger partial charge in [0.25, 0.3) is 0 Å². The molecular weight excluding hydrogens is 310 g/mol. The largest absolute Gasteiger partial charge is 0.478 e. The first-order valence-electron chi connectivity index (χ1n) is 5.13. The van der Waals surface area contributed by atoms with Crippen molar-refractivity contribution in [2.24, 2.45) is 0 Å². The molecule has 19 heavy (non-hydrogen) atoms. The van der Waals surface area contributed by atoms with E-state index in [2.05, 4.69) is 0 Å². The molecule has 3 nitrogen and oxygen atoms in total. The Morgan fingerprint density at radius 1 is 0.895 bits per heavy atom. The van der Waals surface area contributed by atoms with Crippen LogP contribution in [0.1, 0.15) is 10.4 Å². The third kappa shape index (κ3) is 3.32. The Morgan fingerprint density at radius 3 is 2.00 bits per heavy atom. The molecule has 0 saturated carbocycles. The van der Waals surface area contributed by atoms with Crippen molar-refractivity contribution in [1.82, 2.24) is 0 Å². The van der Waals surface area contributed by atoms with Gasteiger partial charge in [-0.25, -0.2) is 4.79 Å². The maximum absolute atomic E-state index is 10.8. The van der Waals surface area contributed by atoms with Crippen molar-refractivity contribution in [3.63, 3.8) is 0 Å². The van der Waals surface area contributed by atoms with Gasteiger partial charge in [-0.3, -0.25) is 0 Å². The number of carboxylic acid groups (broad SMARTS) is 1. The number of carboxylic acids is 1. The summed E-state index contributed by atoms with van der Waals surface area (Å²) in [6.45, 7) is 0. The molecule has 0 aliphatic rings. The van der Waals surface area contributed by atoms with Crippen LogP contribution in [0, 0.1) is 0 Å². The van der Waals surface area contributed by atoms with Gasteiger partial charge in [0.05, 0.1) is 20.6 Å². The van der Waals surface area contributed by atoms with Crippen LogP contribution >= 0.6 is 34.8 Å². The molecule has 0 aliphatic heterocycles. The molecule has 0 saturated heterocycles. The van der Waals surface area contributed by atoms with Crippen molar-refractivity contribution in [2.45, 2.75) is 0 Å². The van der Waals surface area contributed by atoms with Crippen molar-refractivity contribution in [1.29, 1.82) is 0 Å². The number of hydrogen-bond acceptors (Lipinski definition) is 2. The Kier molecular flexibility index (Phi) is 4.20. The maximum atomic E-state index is 10.8. The third-order valence-corrected chi connectivity index (χ3v) is 3.35. The second-order valence-electron chi connectivity index (χ2n) is 3.62. The number of aromatic carboxylic acids is 1. The zero-order chi connectivity index (χ0) is 14.0. The number of rotatable bonds is 3. The van der Waals surface area contributed by atoms with E-state index in [1.807, 2.05) is 0 Å². The summed E-state index contributed by atoms with van der Waals surface area (Å²) in [7, 11) is 0. The average Bonchev–Trinajstić information content (AvgIpc) is 2.33. The minimum atomic E-state index is -1.09. The summed E-state index contributed by atoms with van der Waals surface area (Å²) in [6, 6.07) is 9.12. The highest BCUT2D eigenvalue weighted by Gasteiger charge is 2.10. The molecule has 0 aliphatic carbocycles. The predicted octanol–water partition coefficient (Wildman–Crippen LogP) is 5.14. The van der Waals surface area contributed by atoms with Gasteiger partial charge >= 0.3 is 5.97 Å². The first-order valence-corrected chi connectivity index (χ1v) is 6.26. The summed E-state index contributed by atoms with van der Waals surface area (Å²) in [5.41, 5.74) is 0.0168. The summed E-state index contributed by atoms with van der Waals surface area (Å²) >= 11 is 17.5. The molecule has 0 spiro atoms. The molecule has 2 aromatic carbocycles. The van der Waals surface area contributed by atoms with E-state index in [4.69, 9.17) is 44.6 Å². The number of ether oxygens (including phenoxy) is 1. The zero-order valence-electron chi connectivity index (χ0n) is 9.36. The van der Waals surface area contributed by atoms with E-state index in [0.29, 0.717) is 21.5 Å². The van der Waals surface area contributed by atoms with Crippen LogP contribution in [0.5, 0.6) is 11.5 Å². The summed E-state index contributed by atoms with van der Waals surface area (Å²) in [6.07, 6.45) is 0. The lowest BCUT2D eigenvalue weighted by molar-refractivity contribution is 0.0697. The van der Waals surface area contributed by atoms with E-state index in [0.717, 1.165) is 0 Å². The van der Waals surface area contributed by atoms with Gasteiger partial charge in [0.2, 0.25) is 0 Å². The van der Waals surface area contributed by atoms with Gasteiger partial charge in [0, 0.05) is 12.1 Å². The number of benzene rings is 2. The van der Waals surface area contributed by atoms with Crippen LogP contribution in [0.4, 0.5) is 0 Å². The molecule has 6 heteroatoms. The maximum Gasteiger partial charge on any atom is 0.337 e. The molecule has 0 amide bonds. The topological polar surface area (TPSA) is 46.5 Å². The van der Waals surface area contributed by atoms with Gasteiger partial charge in [-0.05, 0) is 24.3 Å². The van der Waals surface area contributed by atoms with Crippen molar-refractivity contribution < 1.29 is 14.6 Å². The van der Waals surface area contributed by atoms with Crippen LogP contribution in [0.3, 0.4) is 0 Å². The van der Waals surface area contributed by atoms with Gasteiger partial charge < -0.3 is 9.84 Å². The lowest BCUT2D eigenvalue weighted by atomic mass is 10.2. The molecule has 0 heterocycles. The fourth-order valence-corrected chi connectivity index (χ4v) is 1.95. The third-order valence-electron chi connectivity index (χ3n) is 2.30. The van der Waals surface area contributed by atoms with Crippen LogP contribution in [0.2, 0.25) is 15.1 Å². The number of halogens is 3. The van der Waals surface area contributed by atoms with E-state index < -0.39 is 5.97 Å². The molecule has 0 aromatic heterocycles. The average molecular weight is 318 g/mol. The molecule has 0 unspecified atom stereocenters. The lowest BCUT2D eigenvalue weighted by Crippen LogP contribution is -1.97. The van der Waals surface area contributed by atoms with Gasteiger partial charge in [-0.1, -0.05) is 34.8 Å². The van der Waals surface area contributed by atoms with Crippen molar-refractivity contribution in [2.75, 3.05) is 0 Å². The van der Waals surface area contributed by atoms with Crippen molar-refractivity contribution >= 4 is 40.8 Å². The molecule has 0 atom stereocenters. The lowest BCUT2D eigenvalue weighted by Gasteiger charge is -2.08. The Morgan fingerprint density at radius 2 is 1.47 bits per heavy atom. The Bertz CT molecular complexity index is 641. The van der Waals surface area contributed by atoms with Crippen LogP contribution in [0.25, 0.3) is 0 Å². The van der Waals surface area contributed by atoms with Crippen LogP contribution in [-0.2, 0) is 0 Å². The fraction of sp³-hybridized carbons (Fsp3) is 0. The van der Waals surface area contributed by atoms with E-state index in [1.54, 1.807) is 18.2 Å². The summed E-state index contributed by atoms with van der Waals surface area (Å²) in [5, 5.41) is 9.75. The smallest absolute Gasteiger partial charge is 0.337 e. The summed E-state index contributed by atoms with van der Waals surface area (Å²) in [5.74, 6) is -0.201. The molecule has 0 fully saturated rings. The Balaban J connectivity index is 2.26. The first-order chi connectivity index (χ1) is 8.97. The quantitative estimate of drug-likeness (QED) is 0.853. The monoisotopic (exact) mass is 316 g/mol. The van der Waals surface area contributed by atoms with E-state index in [1.165, 1.54) is 18.2 Å². The SMILES string of the molecule is O=C(O)c1ccc(Oc2ccc(Cl)c(Cl)c2)cc1Cl. The zero-order valence-corrected chi connectivity index (χ0v) is 11.6. The highest BCUT2D eigenvalue weighted by molar-refractivity contribution is 6.42. The molecule has 1 N–H and O–H groups in total. The molecule has 2 aromatic rings. The second-order valence-corrected chi connectivity index (χ2v) is 4.85. The number of hydrogen-bond donors (Lipinski definition) is 1.